The van der Waals surface area contributed by atoms with Crippen LogP contribution in [0.2, 0.25) is 0 Å². The summed E-state index contributed by atoms with van der Waals surface area (Å²) in [6.07, 6.45) is 0. The molecule has 2 aliphatic rings. The number of benzene rings is 8. The van der Waals surface area contributed by atoms with Gasteiger partial charge >= 0.3 is 0 Å². The van der Waals surface area contributed by atoms with Crippen molar-refractivity contribution in [1.82, 2.24) is 9.13 Å². The summed E-state index contributed by atoms with van der Waals surface area (Å²) < 4.78 is 7.68. The van der Waals surface area contributed by atoms with Gasteiger partial charge < -0.3 is 9.13 Å². The zero-order valence-electron chi connectivity index (χ0n) is 28.4. The number of thiophene rings is 1. The Morgan fingerprint density at radius 3 is 1.92 bits per heavy atom. The molecule has 1 atom stereocenters. The Labute approximate surface area is 313 Å². The van der Waals surface area contributed by atoms with Gasteiger partial charge in [0.25, 0.3) is 0 Å². The van der Waals surface area contributed by atoms with Crippen LogP contribution < -0.4 is 0 Å². The molecule has 3 aromatic heterocycles. The van der Waals surface area contributed by atoms with Gasteiger partial charge in [-0.2, -0.15) is 0 Å². The van der Waals surface area contributed by atoms with Crippen molar-refractivity contribution < 1.29 is 0 Å². The Bertz CT molecular complexity index is 3400. The molecule has 0 fully saturated rings. The summed E-state index contributed by atoms with van der Waals surface area (Å²) in [4.78, 5) is 2.61. The van der Waals surface area contributed by atoms with Crippen LogP contribution in [-0.4, -0.2) is 9.13 Å². The molecular weight excluding hydrogens is 681 g/mol. The Morgan fingerprint density at radius 2 is 1.04 bits per heavy atom. The Kier molecular flexibility index (Phi) is 5.42. The third-order valence-corrected chi connectivity index (χ3v) is 14.2. The highest BCUT2D eigenvalue weighted by Gasteiger charge is 2.49. The van der Waals surface area contributed by atoms with Crippen LogP contribution in [-0.2, 0) is 5.41 Å². The van der Waals surface area contributed by atoms with Crippen molar-refractivity contribution in [1.29, 1.82) is 0 Å². The zero-order valence-corrected chi connectivity index (χ0v) is 30.0. The van der Waals surface area contributed by atoms with E-state index in [1.54, 1.807) is 0 Å². The van der Waals surface area contributed by atoms with Crippen molar-refractivity contribution in [3.8, 4) is 11.4 Å². The molecule has 0 aliphatic carbocycles. The van der Waals surface area contributed by atoms with E-state index in [0.29, 0.717) is 0 Å². The number of rotatable bonds is 1. The first kappa shape index (κ1) is 28.5. The van der Waals surface area contributed by atoms with Crippen LogP contribution in [0.4, 0.5) is 0 Å². The van der Waals surface area contributed by atoms with Gasteiger partial charge in [-0.15, -0.1) is 11.3 Å². The fourth-order valence-corrected chi connectivity index (χ4v) is 12.2. The summed E-state index contributed by atoms with van der Waals surface area (Å²) in [6.45, 7) is 0. The van der Waals surface area contributed by atoms with Gasteiger partial charge in [0, 0.05) is 57.2 Å². The monoisotopic (exact) mass is 708 g/mol. The number of para-hydroxylation sites is 4. The second-order valence-corrected chi connectivity index (χ2v) is 16.6. The van der Waals surface area contributed by atoms with Crippen LogP contribution in [0.1, 0.15) is 22.3 Å². The normalized spacial score (nSPS) is 15.9. The lowest BCUT2D eigenvalue weighted by atomic mass is 9.62. The zero-order chi connectivity index (χ0) is 34.4. The second kappa shape index (κ2) is 10.1. The number of aromatic nitrogens is 2. The number of hydrogen-bond acceptors (Lipinski definition) is 2. The smallest absolute Gasteiger partial charge is 0.0764 e. The van der Waals surface area contributed by atoms with E-state index in [9.17, 15) is 0 Å². The standard InChI is InChI=1S/C49H28N2S2/c1-7-20-41-30(12-1)33-15-11-18-38-48(33)51(41)42-21-8-4-16-36(42)49(38)37-17-5-10-23-46(37)53-47-28-43-34(27-39(47)49)31-13-2-6-19-40(31)50(43)29-24-25-45-35(26-29)32-14-3-9-22-44(32)52-45/h1-28H. The van der Waals surface area contributed by atoms with Gasteiger partial charge in [0.1, 0.15) is 0 Å². The SMILES string of the molecule is c1ccc2c(c1)Sc1cc3c(cc1C21c2ccccc2-n2c4ccccc4c4cccc1c42)c1ccccc1n3-c1ccc2sc3ccccc3c2c1. The minimum atomic E-state index is -0.510. The van der Waals surface area contributed by atoms with Crippen LogP contribution in [0.25, 0.3) is 75.2 Å². The predicted octanol–water partition coefficient (Wildman–Crippen LogP) is 13.4. The van der Waals surface area contributed by atoms with E-state index >= 15 is 0 Å². The lowest BCUT2D eigenvalue weighted by molar-refractivity contribution is 0.691. The maximum Gasteiger partial charge on any atom is 0.0764 e. The summed E-state index contributed by atoms with van der Waals surface area (Å²) >= 11 is 3.79. The maximum atomic E-state index is 2.55. The van der Waals surface area contributed by atoms with E-state index < -0.39 is 5.41 Å². The number of fused-ring (bicyclic) bond motifs is 17. The van der Waals surface area contributed by atoms with Crippen molar-refractivity contribution in [2.24, 2.45) is 0 Å². The molecule has 2 nitrogen and oxygen atoms in total. The molecule has 53 heavy (non-hydrogen) atoms. The number of nitrogens with zero attached hydrogens (tertiary/aromatic N) is 2. The average molecular weight is 709 g/mol. The van der Waals surface area contributed by atoms with E-state index in [0.717, 1.165) is 0 Å². The molecule has 246 valence electrons. The molecule has 2 aliphatic heterocycles. The van der Waals surface area contributed by atoms with Crippen LogP contribution >= 0.6 is 23.1 Å². The molecule has 0 saturated heterocycles. The van der Waals surface area contributed by atoms with Crippen LogP contribution in [0, 0.1) is 0 Å². The van der Waals surface area contributed by atoms with E-state index in [1.165, 1.54) is 107 Å². The van der Waals surface area contributed by atoms with Gasteiger partial charge in [0.2, 0.25) is 0 Å². The predicted molar refractivity (Wildman–Crippen MR) is 224 cm³/mol. The maximum absolute atomic E-state index is 2.55. The average Bonchev–Trinajstić information content (AvgIpc) is 3.87. The molecule has 0 saturated carbocycles. The van der Waals surface area contributed by atoms with E-state index in [4.69, 9.17) is 0 Å². The van der Waals surface area contributed by atoms with E-state index in [1.807, 2.05) is 23.1 Å². The molecule has 1 spiro atoms. The molecule has 0 N–H and O–H groups in total. The fourth-order valence-electron chi connectivity index (χ4n) is 9.92. The molecule has 13 rings (SSSR count). The van der Waals surface area contributed by atoms with Gasteiger partial charge in [-0.05, 0) is 82.9 Å². The van der Waals surface area contributed by atoms with Gasteiger partial charge in [0.05, 0.1) is 33.2 Å². The molecule has 5 heterocycles. The largest absolute Gasteiger partial charge is 0.309 e. The highest BCUT2D eigenvalue weighted by atomic mass is 32.2. The summed E-state index contributed by atoms with van der Waals surface area (Å²) in [5, 5.41) is 7.79. The highest BCUT2D eigenvalue weighted by Crippen LogP contribution is 2.61. The lowest BCUT2D eigenvalue weighted by Gasteiger charge is -2.45. The van der Waals surface area contributed by atoms with E-state index in [-0.39, 0.29) is 0 Å². The van der Waals surface area contributed by atoms with Crippen LogP contribution in [0.15, 0.2) is 180 Å². The minimum absolute atomic E-state index is 0.510. The molecule has 4 heteroatoms. The summed E-state index contributed by atoms with van der Waals surface area (Å²) in [5.74, 6) is 0. The molecule has 0 radical (unpaired) electrons. The summed E-state index contributed by atoms with van der Waals surface area (Å²) in [5.41, 5.74) is 12.3. The quantitative estimate of drug-likeness (QED) is 0.165. The summed E-state index contributed by atoms with van der Waals surface area (Å²) in [7, 11) is 0. The third kappa shape index (κ3) is 3.47. The number of hydrogen-bond donors (Lipinski definition) is 0. The molecule has 11 aromatic rings. The van der Waals surface area contributed by atoms with Gasteiger partial charge in [0.15, 0.2) is 0 Å². The van der Waals surface area contributed by atoms with Gasteiger partial charge in [-0.25, -0.2) is 0 Å². The van der Waals surface area contributed by atoms with Crippen molar-refractivity contribution in [2.75, 3.05) is 0 Å². The first-order chi connectivity index (χ1) is 26.3. The Morgan fingerprint density at radius 1 is 0.377 bits per heavy atom. The Balaban J connectivity index is 1.19. The third-order valence-electron chi connectivity index (χ3n) is 12.0. The van der Waals surface area contributed by atoms with Crippen LogP contribution in [0.3, 0.4) is 0 Å². The van der Waals surface area contributed by atoms with Crippen LogP contribution in [0.5, 0.6) is 0 Å². The van der Waals surface area contributed by atoms with Crippen molar-refractivity contribution in [3.05, 3.63) is 192 Å². The van der Waals surface area contributed by atoms with Gasteiger partial charge in [-0.1, -0.05) is 121 Å². The molecule has 0 amide bonds. The molecule has 1 unspecified atom stereocenters. The topological polar surface area (TPSA) is 9.86 Å². The molecule has 8 aromatic carbocycles. The van der Waals surface area contributed by atoms with Crippen molar-refractivity contribution >= 4 is 86.9 Å². The van der Waals surface area contributed by atoms with Crippen molar-refractivity contribution in [3.63, 3.8) is 0 Å². The lowest BCUT2D eigenvalue weighted by Crippen LogP contribution is -2.37. The second-order valence-electron chi connectivity index (χ2n) is 14.4. The molecular formula is C49H28N2S2. The fraction of sp³-hybridized carbons (Fsp3) is 0.0204. The molecule has 0 bridgehead atoms. The van der Waals surface area contributed by atoms with E-state index in [2.05, 4.69) is 179 Å². The summed E-state index contributed by atoms with van der Waals surface area (Å²) in [6, 6.07) is 64.0. The first-order valence-corrected chi connectivity index (χ1v) is 19.8. The van der Waals surface area contributed by atoms with Crippen molar-refractivity contribution in [2.45, 2.75) is 15.2 Å². The first-order valence-electron chi connectivity index (χ1n) is 18.2. The van der Waals surface area contributed by atoms with Gasteiger partial charge in [-0.3, -0.25) is 0 Å². The highest BCUT2D eigenvalue weighted by molar-refractivity contribution is 7.99. The Hall–Kier alpha value is -6.07. The minimum Gasteiger partial charge on any atom is -0.309 e.